The molecule has 1 heterocycles. The molecule has 2 unspecified atom stereocenters. The Labute approximate surface area is 169 Å². The SMILES string of the molecule is CC1CCC(C2CCC(C(F)(F)Oc3cc(F)c(OC(F)(F)F)c(F)c3)CC2)OC1. The van der Waals surface area contributed by atoms with Crippen molar-refractivity contribution in [3.05, 3.63) is 23.8 Å². The second-order valence-electron chi connectivity index (χ2n) is 8.09. The van der Waals surface area contributed by atoms with Gasteiger partial charge in [0.25, 0.3) is 0 Å². The van der Waals surface area contributed by atoms with E-state index in [1.54, 1.807) is 0 Å². The molecule has 2 atom stereocenters. The lowest BCUT2D eigenvalue weighted by molar-refractivity contribution is -0.276. The second-order valence-corrected chi connectivity index (χ2v) is 8.09. The van der Waals surface area contributed by atoms with Gasteiger partial charge >= 0.3 is 12.5 Å². The van der Waals surface area contributed by atoms with Crippen molar-refractivity contribution < 1.29 is 44.9 Å². The van der Waals surface area contributed by atoms with Gasteiger partial charge in [-0.25, -0.2) is 8.78 Å². The zero-order valence-electron chi connectivity index (χ0n) is 16.3. The number of benzene rings is 1. The summed E-state index contributed by atoms with van der Waals surface area (Å²) in [5.41, 5.74) is 0. The van der Waals surface area contributed by atoms with Gasteiger partial charge in [-0.2, -0.15) is 8.78 Å². The van der Waals surface area contributed by atoms with Crippen molar-refractivity contribution in [2.75, 3.05) is 6.61 Å². The minimum Gasteiger partial charge on any atom is -0.432 e. The molecule has 2 fully saturated rings. The van der Waals surface area contributed by atoms with E-state index in [4.69, 9.17) is 4.74 Å². The smallest absolute Gasteiger partial charge is 0.432 e. The van der Waals surface area contributed by atoms with E-state index >= 15 is 0 Å². The van der Waals surface area contributed by atoms with Crippen molar-refractivity contribution in [1.82, 2.24) is 0 Å². The summed E-state index contributed by atoms with van der Waals surface area (Å²) < 4.78 is 107. The van der Waals surface area contributed by atoms with E-state index in [0.717, 1.165) is 12.8 Å². The summed E-state index contributed by atoms with van der Waals surface area (Å²) in [4.78, 5) is 0. The highest BCUT2D eigenvalue weighted by Crippen LogP contribution is 2.43. The van der Waals surface area contributed by atoms with Crippen LogP contribution >= 0.6 is 0 Å². The molecule has 0 spiro atoms. The molecule has 30 heavy (non-hydrogen) atoms. The molecule has 0 amide bonds. The largest absolute Gasteiger partial charge is 0.573 e. The zero-order valence-corrected chi connectivity index (χ0v) is 16.3. The summed E-state index contributed by atoms with van der Waals surface area (Å²) in [6.07, 6.45) is -5.73. The quantitative estimate of drug-likeness (QED) is 0.488. The molecule has 2 aliphatic rings. The Morgan fingerprint density at radius 2 is 1.47 bits per heavy atom. The number of hydrogen-bond acceptors (Lipinski definition) is 3. The second kappa shape index (κ2) is 8.80. The molecule has 1 saturated heterocycles. The van der Waals surface area contributed by atoms with Crippen molar-refractivity contribution in [2.24, 2.45) is 17.8 Å². The summed E-state index contributed by atoms with van der Waals surface area (Å²) in [5, 5.41) is 0. The first-order valence-electron chi connectivity index (χ1n) is 9.88. The highest BCUT2D eigenvalue weighted by Gasteiger charge is 2.45. The fourth-order valence-electron chi connectivity index (χ4n) is 4.15. The van der Waals surface area contributed by atoms with Gasteiger partial charge in [-0.1, -0.05) is 6.92 Å². The van der Waals surface area contributed by atoms with Crippen molar-refractivity contribution in [3.8, 4) is 11.5 Å². The van der Waals surface area contributed by atoms with Crippen LogP contribution in [0.4, 0.5) is 30.7 Å². The third-order valence-corrected chi connectivity index (χ3v) is 5.76. The van der Waals surface area contributed by atoms with Crippen LogP contribution in [0.5, 0.6) is 11.5 Å². The Balaban J connectivity index is 1.60. The lowest BCUT2D eigenvalue weighted by atomic mass is 9.77. The molecule has 1 aromatic rings. The highest BCUT2D eigenvalue weighted by atomic mass is 19.4. The van der Waals surface area contributed by atoms with E-state index in [2.05, 4.69) is 16.4 Å². The van der Waals surface area contributed by atoms with Crippen LogP contribution in [0.1, 0.15) is 45.4 Å². The third kappa shape index (κ3) is 5.70. The van der Waals surface area contributed by atoms with Crippen molar-refractivity contribution in [2.45, 2.75) is 64.0 Å². The molecule has 0 N–H and O–H groups in total. The molecule has 170 valence electrons. The number of rotatable bonds is 5. The van der Waals surface area contributed by atoms with Gasteiger partial charge in [-0.05, 0) is 50.4 Å². The average molecular weight is 444 g/mol. The molecular weight excluding hydrogens is 421 g/mol. The summed E-state index contributed by atoms with van der Waals surface area (Å²) in [7, 11) is 0. The first kappa shape index (κ1) is 23.0. The van der Waals surface area contributed by atoms with Gasteiger partial charge in [0, 0.05) is 18.7 Å². The summed E-state index contributed by atoms with van der Waals surface area (Å²) in [6, 6.07) is 0.501. The van der Waals surface area contributed by atoms with Gasteiger partial charge in [0.2, 0.25) is 5.75 Å². The molecule has 1 saturated carbocycles. The molecule has 0 bridgehead atoms. The maximum atomic E-state index is 14.5. The number of hydrogen-bond donors (Lipinski definition) is 0. The van der Waals surface area contributed by atoms with Gasteiger partial charge < -0.3 is 14.2 Å². The molecule has 10 heteroatoms. The minimum absolute atomic E-state index is 0.0565. The van der Waals surface area contributed by atoms with Crippen LogP contribution in [0.15, 0.2) is 12.1 Å². The van der Waals surface area contributed by atoms with Crippen LogP contribution in [0.25, 0.3) is 0 Å². The first-order chi connectivity index (χ1) is 13.9. The van der Waals surface area contributed by atoms with Crippen molar-refractivity contribution in [1.29, 1.82) is 0 Å². The average Bonchev–Trinajstić information content (AvgIpc) is 2.64. The normalized spacial score (nSPS) is 28.3. The predicted molar refractivity (Wildman–Crippen MR) is 92.2 cm³/mol. The minimum atomic E-state index is -5.33. The number of ether oxygens (including phenoxy) is 3. The van der Waals surface area contributed by atoms with Gasteiger partial charge in [-0.15, -0.1) is 13.2 Å². The van der Waals surface area contributed by atoms with Crippen LogP contribution in [0, 0.1) is 29.4 Å². The van der Waals surface area contributed by atoms with Crippen LogP contribution in [0.3, 0.4) is 0 Å². The lowest BCUT2D eigenvalue weighted by Gasteiger charge is -2.38. The summed E-state index contributed by atoms with van der Waals surface area (Å²) in [6.45, 7) is 2.76. The zero-order chi connectivity index (χ0) is 22.1. The molecule has 1 aromatic carbocycles. The maximum Gasteiger partial charge on any atom is 0.573 e. The van der Waals surface area contributed by atoms with Gasteiger partial charge in [0.15, 0.2) is 11.6 Å². The highest BCUT2D eigenvalue weighted by molar-refractivity contribution is 5.35. The Bertz CT molecular complexity index is 699. The monoisotopic (exact) mass is 444 g/mol. The van der Waals surface area contributed by atoms with Gasteiger partial charge in [0.05, 0.1) is 12.0 Å². The molecule has 0 radical (unpaired) electrons. The fraction of sp³-hybridized carbons (Fsp3) is 0.700. The van der Waals surface area contributed by atoms with Crippen LogP contribution in [-0.2, 0) is 4.74 Å². The number of alkyl halides is 5. The van der Waals surface area contributed by atoms with E-state index in [-0.39, 0.29) is 37.0 Å². The van der Waals surface area contributed by atoms with E-state index < -0.39 is 41.5 Å². The van der Waals surface area contributed by atoms with E-state index in [0.29, 0.717) is 25.4 Å². The standard InChI is InChI=1S/C20H23F7O3/c1-11-2-7-17(28-10-11)12-3-5-13(6-4-12)19(23,24)29-14-8-15(21)18(16(22)9-14)30-20(25,26)27/h8-9,11-13,17H,2-7,10H2,1H3. The topological polar surface area (TPSA) is 27.7 Å². The Morgan fingerprint density at radius 1 is 0.867 bits per heavy atom. The molecule has 1 aliphatic carbocycles. The maximum absolute atomic E-state index is 14.5. The lowest BCUT2D eigenvalue weighted by Crippen LogP contribution is -2.40. The molecular formula is C20H23F7O3. The molecule has 0 aromatic heterocycles. The predicted octanol–water partition coefficient (Wildman–Crippen LogP) is 6.46. The van der Waals surface area contributed by atoms with Gasteiger partial charge in [0.1, 0.15) is 5.75 Å². The van der Waals surface area contributed by atoms with E-state index in [9.17, 15) is 30.7 Å². The van der Waals surface area contributed by atoms with Crippen molar-refractivity contribution in [3.63, 3.8) is 0 Å². The summed E-state index contributed by atoms with van der Waals surface area (Å²) >= 11 is 0. The Kier molecular flexibility index (Phi) is 6.74. The van der Waals surface area contributed by atoms with Crippen molar-refractivity contribution >= 4 is 0 Å². The van der Waals surface area contributed by atoms with Gasteiger partial charge in [-0.3, -0.25) is 0 Å². The third-order valence-electron chi connectivity index (χ3n) is 5.76. The fourth-order valence-corrected chi connectivity index (χ4v) is 4.15. The first-order valence-corrected chi connectivity index (χ1v) is 9.88. The van der Waals surface area contributed by atoms with E-state index in [1.165, 1.54) is 0 Å². The summed E-state index contributed by atoms with van der Waals surface area (Å²) in [5.74, 6) is -6.71. The molecule has 3 nitrogen and oxygen atoms in total. The van der Waals surface area contributed by atoms with Crippen LogP contribution in [-0.4, -0.2) is 25.2 Å². The van der Waals surface area contributed by atoms with Crippen LogP contribution < -0.4 is 9.47 Å². The Hall–Kier alpha value is -1.71. The van der Waals surface area contributed by atoms with E-state index in [1.807, 2.05) is 0 Å². The molecule has 3 rings (SSSR count). The Morgan fingerprint density at radius 3 is 1.97 bits per heavy atom. The van der Waals surface area contributed by atoms with Crippen LogP contribution in [0.2, 0.25) is 0 Å². The number of halogens is 7. The molecule has 1 aliphatic heterocycles.